The second-order valence-electron chi connectivity index (χ2n) is 4.09. The Morgan fingerprint density at radius 1 is 1.24 bits per heavy atom. The van der Waals surface area contributed by atoms with Crippen LogP contribution in [0, 0.1) is 0 Å². The standard InChI is InChI=1S/C10H11BrN4O4S2/c1-15-10(4-5-13-15)21(18,19)14-9-3-2-7(6-8(9)11)20(12,16)17/h2-6,14H,1H3,(H2,12,16,17). The van der Waals surface area contributed by atoms with Crippen LogP contribution in [0.4, 0.5) is 5.69 Å². The lowest BCUT2D eigenvalue weighted by atomic mass is 10.3. The summed E-state index contributed by atoms with van der Waals surface area (Å²) in [6, 6.07) is 5.07. The van der Waals surface area contributed by atoms with E-state index in [-0.39, 0.29) is 20.1 Å². The first-order valence-corrected chi connectivity index (χ1v) is 9.27. The van der Waals surface area contributed by atoms with Crippen molar-refractivity contribution in [2.45, 2.75) is 9.92 Å². The van der Waals surface area contributed by atoms with Gasteiger partial charge in [0.2, 0.25) is 10.0 Å². The summed E-state index contributed by atoms with van der Waals surface area (Å²) in [5, 5.41) is 8.76. The van der Waals surface area contributed by atoms with Crippen LogP contribution >= 0.6 is 15.9 Å². The maximum atomic E-state index is 12.2. The van der Waals surface area contributed by atoms with Gasteiger partial charge in [0, 0.05) is 11.5 Å². The second kappa shape index (κ2) is 5.40. The van der Waals surface area contributed by atoms with Crippen molar-refractivity contribution >= 4 is 41.7 Å². The van der Waals surface area contributed by atoms with Crippen LogP contribution in [0.2, 0.25) is 0 Å². The first-order valence-electron chi connectivity index (χ1n) is 5.44. The monoisotopic (exact) mass is 394 g/mol. The van der Waals surface area contributed by atoms with Gasteiger partial charge in [0.1, 0.15) is 0 Å². The van der Waals surface area contributed by atoms with Crippen LogP contribution in [0.3, 0.4) is 0 Å². The third-order valence-electron chi connectivity index (χ3n) is 2.56. The smallest absolute Gasteiger partial charge is 0.277 e. The molecule has 0 aliphatic carbocycles. The molecule has 0 saturated heterocycles. The Kier molecular flexibility index (Phi) is 4.10. The number of primary sulfonamides is 1. The molecule has 0 aliphatic rings. The van der Waals surface area contributed by atoms with Gasteiger partial charge >= 0.3 is 0 Å². The van der Waals surface area contributed by atoms with Gasteiger partial charge in [-0.1, -0.05) is 0 Å². The number of benzene rings is 1. The summed E-state index contributed by atoms with van der Waals surface area (Å²) >= 11 is 3.10. The zero-order valence-corrected chi connectivity index (χ0v) is 13.9. The average Bonchev–Trinajstić information content (AvgIpc) is 2.77. The van der Waals surface area contributed by atoms with Gasteiger partial charge < -0.3 is 0 Å². The molecule has 0 radical (unpaired) electrons. The Labute approximate surface area is 130 Å². The van der Waals surface area contributed by atoms with E-state index >= 15 is 0 Å². The van der Waals surface area contributed by atoms with E-state index in [0.717, 1.165) is 0 Å². The van der Waals surface area contributed by atoms with E-state index in [1.54, 1.807) is 0 Å². The van der Waals surface area contributed by atoms with E-state index in [0.29, 0.717) is 0 Å². The molecule has 0 amide bonds. The molecule has 0 unspecified atom stereocenters. The zero-order chi connectivity index (χ0) is 15.8. The van der Waals surface area contributed by atoms with Crippen LogP contribution in [-0.2, 0) is 27.1 Å². The number of aromatic nitrogens is 2. The lowest BCUT2D eigenvalue weighted by Crippen LogP contribution is -2.17. The highest BCUT2D eigenvalue weighted by molar-refractivity contribution is 9.10. The number of nitrogens with zero attached hydrogens (tertiary/aromatic N) is 2. The third kappa shape index (κ3) is 3.43. The van der Waals surface area contributed by atoms with Crippen LogP contribution in [0.15, 0.2) is 44.9 Å². The van der Waals surface area contributed by atoms with Gasteiger partial charge in [-0.05, 0) is 40.2 Å². The largest absolute Gasteiger partial charge is 0.279 e. The van der Waals surface area contributed by atoms with Crippen LogP contribution in [0.1, 0.15) is 0 Å². The maximum absolute atomic E-state index is 12.2. The minimum atomic E-state index is -3.86. The molecule has 11 heteroatoms. The number of sulfonamides is 2. The first kappa shape index (κ1) is 15.9. The molecule has 2 aromatic rings. The van der Waals surface area contributed by atoms with E-state index in [2.05, 4.69) is 25.8 Å². The van der Waals surface area contributed by atoms with E-state index < -0.39 is 20.0 Å². The predicted octanol–water partition coefficient (Wildman–Crippen LogP) is 0.631. The van der Waals surface area contributed by atoms with Gasteiger partial charge in [0.15, 0.2) is 5.03 Å². The van der Waals surface area contributed by atoms with Crippen LogP contribution in [0.5, 0.6) is 0 Å². The zero-order valence-electron chi connectivity index (χ0n) is 10.7. The van der Waals surface area contributed by atoms with Crippen LogP contribution in [-0.4, -0.2) is 26.6 Å². The summed E-state index contributed by atoms with van der Waals surface area (Å²) in [5.41, 5.74) is 0.184. The molecule has 0 spiro atoms. The summed E-state index contributed by atoms with van der Waals surface area (Å²) in [6.07, 6.45) is 1.35. The lowest BCUT2D eigenvalue weighted by Gasteiger charge is -2.10. The Morgan fingerprint density at radius 3 is 2.38 bits per heavy atom. The van der Waals surface area contributed by atoms with E-state index in [9.17, 15) is 16.8 Å². The van der Waals surface area contributed by atoms with Crippen LogP contribution < -0.4 is 9.86 Å². The molecule has 21 heavy (non-hydrogen) atoms. The van der Waals surface area contributed by atoms with Crippen molar-refractivity contribution in [1.29, 1.82) is 0 Å². The summed E-state index contributed by atoms with van der Waals surface area (Å²) < 4.78 is 50.6. The highest BCUT2D eigenvalue weighted by Gasteiger charge is 2.20. The fourth-order valence-corrected chi connectivity index (χ4v) is 4.09. The van der Waals surface area contributed by atoms with Crippen molar-refractivity contribution in [3.05, 3.63) is 34.9 Å². The number of nitrogens with one attached hydrogen (secondary N) is 1. The minimum absolute atomic E-state index is 0.0232. The molecule has 3 N–H and O–H groups in total. The van der Waals surface area contributed by atoms with Crippen molar-refractivity contribution in [3.63, 3.8) is 0 Å². The van der Waals surface area contributed by atoms with Gasteiger partial charge in [-0.3, -0.25) is 9.40 Å². The Morgan fingerprint density at radius 2 is 1.90 bits per heavy atom. The topological polar surface area (TPSA) is 124 Å². The molecule has 2 rings (SSSR count). The highest BCUT2D eigenvalue weighted by atomic mass is 79.9. The molecule has 1 aromatic heterocycles. The summed E-state index contributed by atoms with van der Waals surface area (Å²) in [5.74, 6) is 0. The molecule has 0 bridgehead atoms. The molecule has 1 aromatic carbocycles. The summed E-state index contributed by atoms with van der Waals surface area (Å²) in [6.45, 7) is 0. The SMILES string of the molecule is Cn1nccc1S(=O)(=O)Nc1ccc(S(N)(=O)=O)cc1Br. The van der Waals surface area contributed by atoms with Crippen molar-refractivity contribution < 1.29 is 16.8 Å². The molecule has 0 aliphatic heterocycles. The molecular formula is C10H11BrN4O4S2. The Bertz CT molecular complexity index is 890. The number of halogens is 1. The second-order valence-corrected chi connectivity index (χ2v) is 8.13. The third-order valence-corrected chi connectivity index (χ3v) is 5.57. The molecular weight excluding hydrogens is 384 g/mol. The van der Waals surface area contributed by atoms with E-state index in [1.165, 1.54) is 42.2 Å². The van der Waals surface area contributed by atoms with Gasteiger partial charge in [0.25, 0.3) is 10.0 Å². The average molecular weight is 395 g/mol. The molecule has 0 saturated carbocycles. The van der Waals surface area contributed by atoms with E-state index in [4.69, 9.17) is 5.14 Å². The number of rotatable bonds is 4. The normalized spacial score (nSPS) is 12.3. The Hall–Kier alpha value is -1.43. The van der Waals surface area contributed by atoms with E-state index in [1.807, 2.05) is 0 Å². The number of hydrogen-bond acceptors (Lipinski definition) is 5. The summed E-state index contributed by atoms with van der Waals surface area (Å²) in [7, 11) is -6.20. The molecule has 0 fully saturated rings. The lowest BCUT2D eigenvalue weighted by molar-refractivity contribution is 0.582. The van der Waals surface area contributed by atoms with Crippen molar-refractivity contribution in [1.82, 2.24) is 9.78 Å². The number of hydrogen-bond donors (Lipinski definition) is 2. The molecule has 114 valence electrons. The molecule has 0 atom stereocenters. The fraction of sp³-hybridized carbons (Fsp3) is 0.100. The Balaban J connectivity index is 2.39. The van der Waals surface area contributed by atoms with Crippen molar-refractivity contribution in [2.24, 2.45) is 12.2 Å². The predicted molar refractivity (Wildman–Crippen MR) is 79.5 cm³/mol. The highest BCUT2D eigenvalue weighted by Crippen LogP contribution is 2.27. The first-order chi connectivity index (χ1) is 9.61. The van der Waals surface area contributed by atoms with Gasteiger partial charge in [-0.2, -0.15) is 13.5 Å². The fourth-order valence-electron chi connectivity index (χ4n) is 1.58. The number of nitrogens with two attached hydrogens (primary N) is 1. The van der Waals surface area contributed by atoms with Gasteiger partial charge in [0.05, 0.1) is 16.8 Å². The van der Waals surface area contributed by atoms with Crippen molar-refractivity contribution in [3.8, 4) is 0 Å². The molecule has 1 heterocycles. The molecule has 8 nitrogen and oxygen atoms in total. The van der Waals surface area contributed by atoms with Gasteiger partial charge in [-0.25, -0.2) is 13.6 Å². The summed E-state index contributed by atoms with van der Waals surface area (Å²) in [4.78, 5) is -0.127. The van der Waals surface area contributed by atoms with Crippen molar-refractivity contribution in [2.75, 3.05) is 4.72 Å². The maximum Gasteiger partial charge on any atom is 0.279 e. The van der Waals surface area contributed by atoms with Crippen LogP contribution in [0.25, 0.3) is 0 Å². The minimum Gasteiger partial charge on any atom is -0.277 e. The number of anilines is 1. The van der Waals surface area contributed by atoms with Gasteiger partial charge in [-0.15, -0.1) is 0 Å². The quantitative estimate of drug-likeness (QED) is 0.786. The number of aryl methyl sites for hydroxylation is 1.